The molecule has 1 aromatic carbocycles. The van der Waals surface area contributed by atoms with Crippen LogP contribution in [-0.2, 0) is 0 Å². The van der Waals surface area contributed by atoms with Crippen molar-refractivity contribution in [2.45, 2.75) is 64.3 Å². The molecule has 1 atom stereocenters. The van der Waals surface area contributed by atoms with Crippen LogP contribution < -0.4 is 0 Å². The summed E-state index contributed by atoms with van der Waals surface area (Å²) in [6.07, 6.45) is 8.56. The highest BCUT2D eigenvalue weighted by Gasteiger charge is 2.31. The molecule has 0 aliphatic heterocycles. The van der Waals surface area contributed by atoms with E-state index in [1.807, 2.05) is 6.92 Å². The van der Waals surface area contributed by atoms with Crippen molar-refractivity contribution >= 4 is 10.9 Å². The summed E-state index contributed by atoms with van der Waals surface area (Å²) in [6, 6.07) is 9.02. The molecule has 2 heteroatoms. The van der Waals surface area contributed by atoms with Crippen molar-refractivity contribution in [1.29, 1.82) is 0 Å². The van der Waals surface area contributed by atoms with Crippen molar-refractivity contribution in [2.24, 2.45) is 0 Å². The zero-order valence-electron chi connectivity index (χ0n) is 14.8. The summed E-state index contributed by atoms with van der Waals surface area (Å²) in [5.74, 6) is 1.11. The van der Waals surface area contributed by atoms with Gasteiger partial charge in [0.05, 0.1) is 6.04 Å². The number of hydrogen-bond donors (Lipinski definition) is 0. The number of benzene rings is 1. The molecule has 0 spiro atoms. The Labute approximate surface area is 143 Å². The monoisotopic (exact) mass is 323 g/mol. The number of rotatable bonds is 3. The van der Waals surface area contributed by atoms with Crippen LogP contribution in [0.25, 0.3) is 10.9 Å². The van der Waals surface area contributed by atoms with Gasteiger partial charge in [0, 0.05) is 16.6 Å². The number of nitrogens with zero attached hydrogens (tertiary/aromatic N) is 1. The van der Waals surface area contributed by atoms with Crippen molar-refractivity contribution in [3.8, 4) is 0 Å². The number of hydrogen-bond acceptors (Lipinski definition) is 0. The van der Waals surface area contributed by atoms with Crippen molar-refractivity contribution < 1.29 is 4.39 Å². The van der Waals surface area contributed by atoms with Gasteiger partial charge in [-0.15, -0.1) is 0 Å². The van der Waals surface area contributed by atoms with Gasteiger partial charge in [-0.2, -0.15) is 0 Å². The van der Waals surface area contributed by atoms with E-state index in [2.05, 4.69) is 48.8 Å². The van der Waals surface area contributed by atoms with Crippen LogP contribution in [0.2, 0.25) is 0 Å². The van der Waals surface area contributed by atoms with Gasteiger partial charge in [-0.3, -0.25) is 0 Å². The highest BCUT2D eigenvalue weighted by Crippen LogP contribution is 2.46. The number of fused-ring (bicyclic) bond motifs is 1. The van der Waals surface area contributed by atoms with Gasteiger partial charge in [0.2, 0.25) is 0 Å². The number of para-hydroxylation sites is 1. The Balaban J connectivity index is 1.96. The molecule has 2 aliphatic rings. The Morgan fingerprint density at radius 1 is 1.17 bits per heavy atom. The predicted molar refractivity (Wildman–Crippen MR) is 99.2 cm³/mol. The summed E-state index contributed by atoms with van der Waals surface area (Å²) >= 11 is 0. The zero-order chi connectivity index (χ0) is 16.8. The van der Waals surface area contributed by atoms with Crippen LogP contribution >= 0.6 is 0 Å². The largest absolute Gasteiger partial charge is 0.337 e. The lowest BCUT2D eigenvalue weighted by atomic mass is 9.77. The first kappa shape index (κ1) is 15.7. The van der Waals surface area contributed by atoms with E-state index in [0.29, 0.717) is 11.8 Å². The molecule has 1 fully saturated rings. The van der Waals surface area contributed by atoms with Crippen LogP contribution in [0.3, 0.4) is 0 Å². The van der Waals surface area contributed by atoms with E-state index < -0.39 is 0 Å². The third-order valence-corrected chi connectivity index (χ3v) is 5.74. The molecule has 0 N–H and O–H groups in total. The average molecular weight is 323 g/mol. The Hall–Kier alpha value is -1.83. The van der Waals surface area contributed by atoms with Gasteiger partial charge in [-0.05, 0) is 61.3 Å². The Morgan fingerprint density at radius 3 is 2.54 bits per heavy atom. The second-order valence-electron chi connectivity index (χ2n) is 7.67. The van der Waals surface area contributed by atoms with Crippen LogP contribution in [0.5, 0.6) is 0 Å². The van der Waals surface area contributed by atoms with Gasteiger partial charge >= 0.3 is 0 Å². The first-order valence-corrected chi connectivity index (χ1v) is 9.25. The minimum atomic E-state index is -0.0620. The molecule has 1 unspecified atom stereocenters. The van der Waals surface area contributed by atoms with Gasteiger partial charge in [0.1, 0.15) is 5.83 Å². The fourth-order valence-electron chi connectivity index (χ4n) is 4.38. The summed E-state index contributed by atoms with van der Waals surface area (Å²) in [5.41, 5.74) is 5.11. The third kappa shape index (κ3) is 2.35. The van der Waals surface area contributed by atoms with Crippen LogP contribution in [0, 0.1) is 0 Å². The van der Waals surface area contributed by atoms with E-state index in [-0.39, 0.29) is 11.9 Å². The second kappa shape index (κ2) is 5.91. The maximum absolute atomic E-state index is 13.8. The topological polar surface area (TPSA) is 4.93 Å². The fraction of sp³-hybridized carbons (Fsp3) is 0.455. The molecular formula is C22H26FN. The lowest BCUT2D eigenvalue weighted by Crippen LogP contribution is -2.16. The van der Waals surface area contributed by atoms with Crippen molar-refractivity contribution in [2.75, 3.05) is 0 Å². The summed E-state index contributed by atoms with van der Waals surface area (Å²) in [7, 11) is 0. The Bertz CT molecular complexity index is 833. The highest BCUT2D eigenvalue weighted by atomic mass is 19.1. The molecule has 1 saturated carbocycles. The zero-order valence-corrected chi connectivity index (χ0v) is 14.8. The highest BCUT2D eigenvalue weighted by molar-refractivity contribution is 5.87. The standard InChI is InChI=1S/C22H26FN/c1-14(2)22-21(16-7-6-8-16)18-9-4-5-10-20(18)24(22)17-11-12-19(23)15(3)13-17/h4-5,9-10,12-14,16-17H,6-8,11H2,1-3H3. The minimum absolute atomic E-state index is 0.0620. The smallest absolute Gasteiger partial charge is 0.121 e. The lowest BCUT2D eigenvalue weighted by Gasteiger charge is -2.29. The fourth-order valence-corrected chi connectivity index (χ4v) is 4.38. The quantitative estimate of drug-likeness (QED) is 0.587. The molecule has 2 aliphatic carbocycles. The molecule has 24 heavy (non-hydrogen) atoms. The van der Waals surface area contributed by atoms with Crippen LogP contribution in [0.4, 0.5) is 4.39 Å². The molecule has 126 valence electrons. The van der Waals surface area contributed by atoms with Gasteiger partial charge < -0.3 is 4.57 Å². The molecule has 1 aromatic heterocycles. The maximum Gasteiger partial charge on any atom is 0.121 e. The van der Waals surface area contributed by atoms with E-state index in [9.17, 15) is 4.39 Å². The molecule has 2 aromatic rings. The van der Waals surface area contributed by atoms with Gasteiger partial charge in [-0.1, -0.05) is 44.5 Å². The normalized spacial score (nSPS) is 21.8. The molecule has 4 rings (SSSR count). The summed E-state index contributed by atoms with van der Waals surface area (Å²) in [5, 5.41) is 1.41. The first-order chi connectivity index (χ1) is 11.6. The van der Waals surface area contributed by atoms with Gasteiger partial charge in [-0.25, -0.2) is 4.39 Å². The Kier molecular flexibility index (Phi) is 3.86. The van der Waals surface area contributed by atoms with E-state index in [4.69, 9.17) is 0 Å². The molecule has 0 radical (unpaired) electrons. The van der Waals surface area contributed by atoms with E-state index >= 15 is 0 Å². The van der Waals surface area contributed by atoms with Crippen molar-refractivity contribution in [1.82, 2.24) is 4.57 Å². The third-order valence-electron chi connectivity index (χ3n) is 5.74. The number of aromatic nitrogens is 1. The van der Waals surface area contributed by atoms with Crippen molar-refractivity contribution in [3.05, 3.63) is 59.1 Å². The summed E-state index contributed by atoms with van der Waals surface area (Å²) < 4.78 is 16.3. The van der Waals surface area contributed by atoms with E-state index in [0.717, 1.165) is 12.0 Å². The van der Waals surface area contributed by atoms with Gasteiger partial charge in [0.15, 0.2) is 0 Å². The van der Waals surface area contributed by atoms with E-state index in [1.165, 1.54) is 35.9 Å². The van der Waals surface area contributed by atoms with Crippen LogP contribution in [0.1, 0.15) is 75.6 Å². The summed E-state index contributed by atoms with van der Waals surface area (Å²) in [6.45, 7) is 6.47. The number of halogens is 1. The van der Waals surface area contributed by atoms with E-state index in [1.54, 1.807) is 11.6 Å². The molecule has 1 nitrogen and oxygen atoms in total. The molecule has 0 amide bonds. The number of allylic oxidation sites excluding steroid dienone is 4. The van der Waals surface area contributed by atoms with Gasteiger partial charge in [0.25, 0.3) is 0 Å². The van der Waals surface area contributed by atoms with Crippen LogP contribution in [-0.4, -0.2) is 4.57 Å². The molecular weight excluding hydrogens is 297 g/mol. The van der Waals surface area contributed by atoms with Crippen molar-refractivity contribution in [3.63, 3.8) is 0 Å². The Morgan fingerprint density at radius 2 is 1.92 bits per heavy atom. The summed E-state index contributed by atoms with van der Waals surface area (Å²) in [4.78, 5) is 0. The molecule has 1 heterocycles. The SMILES string of the molecule is CC1=CC(n2c(C(C)C)c(C3CCC3)c3ccccc32)CC=C1F. The predicted octanol–water partition coefficient (Wildman–Crippen LogP) is 6.78. The molecule has 0 saturated heterocycles. The van der Waals surface area contributed by atoms with Crippen LogP contribution in [0.15, 0.2) is 47.8 Å². The maximum atomic E-state index is 13.8. The first-order valence-electron chi connectivity index (χ1n) is 9.25. The average Bonchev–Trinajstić information content (AvgIpc) is 2.84. The second-order valence-corrected chi connectivity index (χ2v) is 7.67. The molecule has 0 bridgehead atoms. The lowest BCUT2D eigenvalue weighted by molar-refractivity contribution is 0.414. The minimum Gasteiger partial charge on any atom is -0.337 e.